The molecule has 4 nitrogen and oxygen atoms in total. The maximum atomic E-state index is 12.8. The van der Waals surface area contributed by atoms with Crippen LogP contribution in [0.15, 0.2) is 54.6 Å². The lowest BCUT2D eigenvalue weighted by molar-refractivity contribution is -0.131. The van der Waals surface area contributed by atoms with E-state index < -0.39 is 0 Å². The highest BCUT2D eigenvalue weighted by molar-refractivity contribution is 5.76. The Morgan fingerprint density at radius 1 is 1.00 bits per heavy atom. The van der Waals surface area contributed by atoms with Gasteiger partial charge in [-0.2, -0.15) is 0 Å². The van der Waals surface area contributed by atoms with Crippen molar-refractivity contribution in [2.75, 3.05) is 38.2 Å². The van der Waals surface area contributed by atoms with Gasteiger partial charge in [-0.25, -0.2) is 0 Å². The van der Waals surface area contributed by atoms with Crippen molar-refractivity contribution in [3.63, 3.8) is 0 Å². The molecule has 0 spiro atoms. The molecule has 1 unspecified atom stereocenters. The minimum absolute atomic E-state index is 0.303. The monoisotopic (exact) mass is 380 g/mol. The summed E-state index contributed by atoms with van der Waals surface area (Å²) in [6.45, 7) is 5.73. The molecule has 150 valence electrons. The van der Waals surface area contributed by atoms with Crippen LogP contribution in [0.1, 0.15) is 31.7 Å². The SMILES string of the molecule is COc1ccc(N2CCCN(C(=O)CC(C)CCc3ccccc3)CC2)cc1. The Kier molecular flexibility index (Phi) is 7.35. The Balaban J connectivity index is 1.46. The Hall–Kier alpha value is -2.49. The Morgan fingerprint density at radius 2 is 1.75 bits per heavy atom. The van der Waals surface area contributed by atoms with E-state index in [9.17, 15) is 4.79 Å². The van der Waals surface area contributed by atoms with Crippen molar-refractivity contribution in [1.29, 1.82) is 0 Å². The van der Waals surface area contributed by atoms with Crippen LogP contribution in [0.4, 0.5) is 5.69 Å². The molecule has 1 amide bonds. The van der Waals surface area contributed by atoms with Crippen LogP contribution in [-0.2, 0) is 11.2 Å². The second-order valence-electron chi connectivity index (χ2n) is 7.75. The average molecular weight is 381 g/mol. The van der Waals surface area contributed by atoms with Crippen molar-refractivity contribution < 1.29 is 9.53 Å². The van der Waals surface area contributed by atoms with E-state index in [0.29, 0.717) is 18.2 Å². The lowest BCUT2D eigenvalue weighted by Gasteiger charge is -2.24. The highest BCUT2D eigenvalue weighted by atomic mass is 16.5. The van der Waals surface area contributed by atoms with Crippen LogP contribution in [-0.4, -0.2) is 44.1 Å². The molecule has 1 saturated heterocycles. The largest absolute Gasteiger partial charge is 0.497 e. The highest BCUT2D eigenvalue weighted by Gasteiger charge is 2.21. The van der Waals surface area contributed by atoms with Crippen LogP contribution in [0.5, 0.6) is 5.75 Å². The van der Waals surface area contributed by atoms with Crippen molar-refractivity contribution in [1.82, 2.24) is 4.90 Å². The molecule has 1 aliphatic heterocycles. The number of aryl methyl sites for hydroxylation is 1. The maximum absolute atomic E-state index is 12.8. The molecule has 1 atom stereocenters. The zero-order valence-corrected chi connectivity index (χ0v) is 17.1. The molecule has 3 rings (SSSR count). The van der Waals surface area contributed by atoms with Gasteiger partial charge in [0.15, 0.2) is 0 Å². The summed E-state index contributed by atoms with van der Waals surface area (Å²) < 4.78 is 5.24. The van der Waals surface area contributed by atoms with Gasteiger partial charge in [0.05, 0.1) is 7.11 Å². The average Bonchev–Trinajstić information content (AvgIpc) is 2.99. The summed E-state index contributed by atoms with van der Waals surface area (Å²) in [4.78, 5) is 17.2. The van der Waals surface area contributed by atoms with Gasteiger partial charge >= 0.3 is 0 Å². The predicted molar refractivity (Wildman–Crippen MR) is 115 cm³/mol. The van der Waals surface area contributed by atoms with Crippen LogP contribution in [0, 0.1) is 5.92 Å². The van der Waals surface area contributed by atoms with Gasteiger partial charge in [-0.15, -0.1) is 0 Å². The molecule has 2 aromatic rings. The van der Waals surface area contributed by atoms with Gasteiger partial charge in [-0.1, -0.05) is 37.3 Å². The molecule has 0 aromatic heterocycles. The van der Waals surface area contributed by atoms with E-state index in [0.717, 1.165) is 51.2 Å². The smallest absolute Gasteiger partial charge is 0.222 e. The molecular weight excluding hydrogens is 348 g/mol. The zero-order valence-electron chi connectivity index (χ0n) is 17.1. The summed E-state index contributed by atoms with van der Waals surface area (Å²) in [6, 6.07) is 18.7. The lowest BCUT2D eigenvalue weighted by Crippen LogP contribution is -2.36. The van der Waals surface area contributed by atoms with Crippen molar-refractivity contribution in [3.8, 4) is 5.75 Å². The van der Waals surface area contributed by atoms with E-state index >= 15 is 0 Å². The Bertz CT molecular complexity index is 730. The van der Waals surface area contributed by atoms with Crippen LogP contribution >= 0.6 is 0 Å². The van der Waals surface area contributed by atoms with Crippen LogP contribution in [0.25, 0.3) is 0 Å². The third kappa shape index (κ3) is 5.75. The molecule has 0 radical (unpaired) electrons. The second kappa shape index (κ2) is 10.2. The quantitative estimate of drug-likeness (QED) is 0.714. The van der Waals surface area contributed by atoms with Crippen molar-refractivity contribution in [2.24, 2.45) is 5.92 Å². The first-order valence-electron chi connectivity index (χ1n) is 10.4. The van der Waals surface area contributed by atoms with Gasteiger partial charge in [0, 0.05) is 38.3 Å². The number of rotatable bonds is 7. The summed E-state index contributed by atoms with van der Waals surface area (Å²) in [5.41, 5.74) is 2.55. The van der Waals surface area contributed by atoms with E-state index in [1.165, 1.54) is 11.3 Å². The fraction of sp³-hybridized carbons (Fsp3) is 0.458. The number of methoxy groups -OCH3 is 1. The van der Waals surface area contributed by atoms with E-state index in [1.807, 2.05) is 18.2 Å². The number of hydrogen-bond donors (Lipinski definition) is 0. The molecule has 4 heteroatoms. The standard InChI is InChI=1S/C24H32N2O2/c1-20(9-10-21-7-4-3-5-8-21)19-24(27)26-16-6-15-25(17-18-26)22-11-13-23(28-2)14-12-22/h3-5,7-8,11-14,20H,6,9-10,15-19H2,1-2H3. The minimum atomic E-state index is 0.303. The zero-order chi connectivity index (χ0) is 19.8. The summed E-state index contributed by atoms with van der Waals surface area (Å²) in [5.74, 6) is 1.59. The van der Waals surface area contributed by atoms with E-state index in [4.69, 9.17) is 4.74 Å². The van der Waals surface area contributed by atoms with Crippen LogP contribution < -0.4 is 9.64 Å². The first-order valence-corrected chi connectivity index (χ1v) is 10.4. The van der Waals surface area contributed by atoms with E-state index in [-0.39, 0.29) is 0 Å². The number of carbonyl (C=O) groups excluding carboxylic acids is 1. The summed E-state index contributed by atoms with van der Waals surface area (Å²) in [5, 5.41) is 0. The lowest BCUT2D eigenvalue weighted by atomic mass is 9.97. The number of anilines is 1. The summed E-state index contributed by atoms with van der Waals surface area (Å²) in [7, 11) is 1.69. The molecule has 0 saturated carbocycles. The normalized spacial score (nSPS) is 15.8. The third-order valence-corrected chi connectivity index (χ3v) is 5.58. The molecule has 28 heavy (non-hydrogen) atoms. The summed E-state index contributed by atoms with van der Waals surface area (Å²) in [6.07, 6.45) is 3.76. The topological polar surface area (TPSA) is 32.8 Å². The minimum Gasteiger partial charge on any atom is -0.497 e. The molecule has 0 bridgehead atoms. The molecule has 0 N–H and O–H groups in total. The molecule has 2 aromatic carbocycles. The number of nitrogens with zero attached hydrogens (tertiary/aromatic N) is 2. The van der Waals surface area contributed by atoms with Crippen molar-refractivity contribution in [2.45, 2.75) is 32.6 Å². The van der Waals surface area contributed by atoms with Gasteiger partial charge < -0.3 is 14.5 Å². The highest BCUT2D eigenvalue weighted by Crippen LogP contribution is 2.21. The van der Waals surface area contributed by atoms with Crippen LogP contribution in [0.3, 0.4) is 0 Å². The molecule has 1 aliphatic rings. The van der Waals surface area contributed by atoms with E-state index in [1.54, 1.807) is 7.11 Å². The third-order valence-electron chi connectivity index (χ3n) is 5.58. The Morgan fingerprint density at radius 3 is 2.46 bits per heavy atom. The molecule has 1 fully saturated rings. The summed E-state index contributed by atoms with van der Waals surface area (Å²) >= 11 is 0. The number of hydrogen-bond acceptors (Lipinski definition) is 3. The first-order chi connectivity index (χ1) is 13.7. The van der Waals surface area contributed by atoms with Gasteiger partial charge in [0.2, 0.25) is 5.91 Å². The van der Waals surface area contributed by atoms with Gasteiger partial charge in [0.25, 0.3) is 0 Å². The predicted octanol–water partition coefficient (Wildman–Crippen LogP) is 4.39. The fourth-order valence-corrected chi connectivity index (χ4v) is 3.81. The molecule has 0 aliphatic carbocycles. The second-order valence-corrected chi connectivity index (χ2v) is 7.75. The number of ether oxygens (including phenoxy) is 1. The number of amides is 1. The Labute approximate surface area is 169 Å². The van der Waals surface area contributed by atoms with E-state index in [2.05, 4.69) is 53.1 Å². The molecular formula is C24H32N2O2. The van der Waals surface area contributed by atoms with Crippen molar-refractivity contribution in [3.05, 3.63) is 60.2 Å². The van der Waals surface area contributed by atoms with Gasteiger partial charge in [-0.05, 0) is 55.0 Å². The fourth-order valence-electron chi connectivity index (χ4n) is 3.81. The first kappa shape index (κ1) is 20.2. The number of carbonyl (C=O) groups is 1. The maximum Gasteiger partial charge on any atom is 0.222 e. The van der Waals surface area contributed by atoms with Gasteiger partial charge in [-0.3, -0.25) is 4.79 Å². The van der Waals surface area contributed by atoms with Crippen LogP contribution in [0.2, 0.25) is 0 Å². The van der Waals surface area contributed by atoms with Crippen molar-refractivity contribution >= 4 is 11.6 Å². The number of benzene rings is 2. The molecule has 1 heterocycles. The van der Waals surface area contributed by atoms with Gasteiger partial charge in [0.1, 0.15) is 5.75 Å².